The molecule has 0 aromatic carbocycles. The van der Waals surface area contributed by atoms with Gasteiger partial charge in [0.25, 0.3) is 0 Å². The second-order valence-electron chi connectivity index (χ2n) is 4.78. The lowest BCUT2D eigenvalue weighted by Gasteiger charge is -2.03. The van der Waals surface area contributed by atoms with Gasteiger partial charge in [-0.2, -0.15) is 0 Å². The first-order valence-electron chi connectivity index (χ1n) is 7.38. The molecule has 0 rings (SSSR count). The van der Waals surface area contributed by atoms with Crippen molar-refractivity contribution in [2.45, 2.75) is 78.1 Å². The van der Waals surface area contributed by atoms with E-state index in [1.54, 1.807) is 0 Å². The number of hydrogen-bond donors (Lipinski definition) is 0. The van der Waals surface area contributed by atoms with E-state index in [9.17, 15) is 9.59 Å². The molecule has 0 heterocycles. The number of unbranched alkanes of at least 4 members (excludes halogenated alkanes) is 5. The second kappa shape index (κ2) is 12.6. The number of esters is 1. The second-order valence-corrected chi connectivity index (χ2v) is 4.78. The van der Waals surface area contributed by atoms with Crippen LogP contribution in [0.2, 0.25) is 0 Å². The summed E-state index contributed by atoms with van der Waals surface area (Å²) >= 11 is 0. The van der Waals surface area contributed by atoms with Crippen molar-refractivity contribution in [2.75, 3.05) is 6.61 Å². The average Bonchev–Trinajstić information content (AvgIpc) is 2.36. The maximum Gasteiger partial charge on any atom is 0.306 e. The zero-order chi connectivity index (χ0) is 13.6. The van der Waals surface area contributed by atoms with E-state index < -0.39 is 0 Å². The Bertz CT molecular complexity index is 224. The third kappa shape index (κ3) is 11.6. The highest BCUT2D eigenvalue weighted by molar-refractivity contribution is 5.82. The summed E-state index contributed by atoms with van der Waals surface area (Å²) in [7, 11) is 0. The number of hydrogen-bond acceptors (Lipinski definition) is 3. The van der Waals surface area contributed by atoms with Crippen LogP contribution in [0.3, 0.4) is 0 Å². The van der Waals surface area contributed by atoms with Crippen molar-refractivity contribution < 1.29 is 14.3 Å². The molecular formula is C15H28O3. The molecule has 0 unspecified atom stereocenters. The molecule has 3 nitrogen and oxygen atoms in total. The van der Waals surface area contributed by atoms with E-state index in [0.717, 1.165) is 25.7 Å². The summed E-state index contributed by atoms with van der Waals surface area (Å²) in [6.45, 7) is 4.71. The molecule has 0 fully saturated rings. The molecule has 0 atom stereocenters. The van der Waals surface area contributed by atoms with E-state index >= 15 is 0 Å². The predicted octanol–water partition coefficient (Wildman–Crippen LogP) is 4.04. The molecule has 106 valence electrons. The highest BCUT2D eigenvalue weighted by Gasteiger charge is 2.07. The Morgan fingerprint density at radius 1 is 0.778 bits per heavy atom. The molecule has 0 amide bonds. The van der Waals surface area contributed by atoms with Gasteiger partial charge in [-0.1, -0.05) is 46.0 Å². The lowest BCUT2D eigenvalue weighted by atomic mass is 10.1. The van der Waals surface area contributed by atoms with Gasteiger partial charge in [0, 0.05) is 12.8 Å². The van der Waals surface area contributed by atoms with Crippen LogP contribution in [0.15, 0.2) is 0 Å². The van der Waals surface area contributed by atoms with Crippen molar-refractivity contribution in [3.05, 3.63) is 0 Å². The third-order valence-corrected chi connectivity index (χ3v) is 2.93. The third-order valence-electron chi connectivity index (χ3n) is 2.93. The number of carbonyl (C=O) groups excluding carboxylic acids is 2. The predicted molar refractivity (Wildman–Crippen MR) is 73.5 cm³/mol. The lowest BCUT2D eigenvalue weighted by molar-refractivity contribution is -0.144. The summed E-state index contributed by atoms with van der Waals surface area (Å²) in [6, 6.07) is 0. The normalized spacial score (nSPS) is 10.3. The van der Waals surface area contributed by atoms with Crippen LogP contribution < -0.4 is 0 Å². The van der Waals surface area contributed by atoms with Crippen molar-refractivity contribution >= 4 is 11.8 Å². The molecular weight excluding hydrogens is 228 g/mol. The summed E-state index contributed by atoms with van der Waals surface area (Å²) in [5.41, 5.74) is 0. The van der Waals surface area contributed by atoms with Crippen LogP contribution in [0, 0.1) is 0 Å². The van der Waals surface area contributed by atoms with E-state index in [1.807, 2.05) is 0 Å². The fraction of sp³-hybridized carbons (Fsp3) is 0.867. The number of rotatable bonds is 12. The fourth-order valence-electron chi connectivity index (χ4n) is 1.69. The summed E-state index contributed by atoms with van der Waals surface area (Å²) in [5, 5.41) is 0. The van der Waals surface area contributed by atoms with Gasteiger partial charge in [-0.05, 0) is 12.8 Å². The Balaban J connectivity index is 3.37. The van der Waals surface area contributed by atoms with E-state index in [4.69, 9.17) is 4.74 Å². The lowest BCUT2D eigenvalue weighted by Crippen LogP contribution is -2.08. The molecule has 18 heavy (non-hydrogen) atoms. The van der Waals surface area contributed by atoms with Gasteiger partial charge in [-0.15, -0.1) is 0 Å². The van der Waals surface area contributed by atoms with Gasteiger partial charge in [0.1, 0.15) is 5.78 Å². The van der Waals surface area contributed by atoms with Gasteiger partial charge in [0.2, 0.25) is 0 Å². The van der Waals surface area contributed by atoms with Crippen LogP contribution in [-0.2, 0) is 14.3 Å². The molecule has 0 aromatic rings. The van der Waals surface area contributed by atoms with E-state index in [-0.39, 0.29) is 18.2 Å². The Hall–Kier alpha value is -0.860. The van der Waals surface area contributed by atoms with Gasteiger partial charge < -0.3 is 4.74 Å². The summed E-state index contributed by atoms with van der Waals surface area (Å²) in [4.78, 5) is 22.8. The summed E-state index contributed by atoms with van der Waals surface area (Å²) in [6.07, 6.45) is 8.89. The van der Waals surface area contributed by atoms with Crippen molar-refractivity contribution in [3.63, 3.8) is 0 Å². The number of ketones is 1. The monoisotopic (exact) mass is 256 g/mol. The van der Waals surface area contributed by atoms with Crippen LogP contribution in [0.25, 0.3) is 0 Å². The first-order chi connectivity index (χ1) is 8.70. The van der Waals surface area contributed by atoms with Crippen molar-refractivity contribution in [1.82, 2.24) is 0 Å². The molecule has 0 aliphatic rings. The maximum atomic E-state index is 11.5. The molecule has 0 saturated carbocycles. The number of ether oxygens (including phenoxy) is 1. The van der Waals surface area contributed by atoms with E-state index in [2.05, 4.69) is 13.8 Å². The SMILES string of the molecule is CCCCCCCC(=O)CCC(=O)OCCCC. The van der Waals surface area contributed by atoms with Crippen LogP contribution in [0.1, 0.15) is 78.1 Å². The first-order valence-corrected chi connectivity index (χ1v) is 7.38. The van der Waals surface area contributed by atoms with Crippen LogP contribution in [-0.4, -0.2) is 18.4 Å². The molecule has 0 N–H and O–H groups in total. The van der Waals surface area contributed by atoms with Crippen molar-refractivity contribution in [3.8, 4) is 0 Å². The van der Waals surface area contributed by atoms with Gasteiger partial charge >= 0.3 is 5.97 Å². The summed E-state index contributed by atoms with van der Waals surface area (Å²) < 4.78 is 5.00. The molecule has 0 spiro atoms. The van der Waals surface area contributed by atoms with E-state index in [1.165, 1.54) is 19.3 Å². The van der Waals surface area contributed by atoms with Crippen molar-refractivity contribution in [2.24, 2.45) is 0 Å². The first kappa shape index (κ1) is 17.1. The Morgan fingerprint density at radius 2 is 1.44 bits per heavy atom. The molecule has 0 aliphatic heterocycles. The molecule has 0 saturated heterocycles. The van der Waals surface area contributed by atoms with Gasteiger partial charge in [0.05, 0.1) is 13.0 Å². The maximum absolute atomic E-state index is 11.5. The Labute approximate surface area is 111 Å². The summed E-state index contributed by atoms with van der Waals surface area (Å²) in [5.74, 6) is -0.0401. The van der Waals surface area contributed by atoms with Crippen LogP contribution in [0.5, 0.6) is 0 Å². The highest BCUT2D eigenvalue weighted by Crippen LogP contribution is 2.07. The van der Waals surface area contributed by atoms with Crippen LogP contribution >= 0.6 is 0 Å². The van der Waals surface area contributed by atoms with Crippen LogP contribution in [0.4, 0.5) is 0 Å². The zero-order valence-corrected chi connectivity index (χ0v) is 12.0. The highest BCUT2D eigenvalue weighted by atomic mass is 16.5. The molecule has 0 aromatic heterocycles. The minimum atomic E-state index is -0.234. The standard InChI is InChI=1S/C15H28O3/c1-3-5-7-8-9-10-14(16)11-12-15(17)18-13-6-4-2/h3-13H2,1-2H3. The van der Waals surface area contributed by atoms with E-state index in [0.29, 0.717) is 19.4 Å². The molecule has 0 radical (unpaired) electrons. The zero-order valence-electron chi connectivity index (χ0n) is 12.0. The Morgan fingerprint density at radius 3 is 2.11 bits per heavy atom. The minimum Gasteiger partial charge on any atom is -0.466 e. The number of Topliss-reactive ketones (excluding diaryl/α,β-unsaturated/α-hetero) is 1. The largest absolute Gasteiger partial charge is 0.466 e. The smallest absolute Gasteiger partial charge is 0.306 e. The van der Waals surface area contributed by atoms with Crippen molar-refractivity contribution in [1.29, 1.82) is 0 Å². The van der Waals surface area contributed by atoms with Gasteiger partial charge in [-0.25, -0.2) is 0 Å². The fourth-order valence-corrected chi connectivity index (χ4v) is 1.69. The van der Waals surface area contributed by atoms with Gasteiger partial charge in [-0.3, -0.25) is 9.59 Å². The molecule has 0 aliphatic carbocycles. The topological polar surface area (TPSA) is 43.4 Å². The van der Waals surface area contributed by atoms with Gasteiger partial charge in [0.15, 0.2) is 0 Å². The number of carbonyl (C=O) groups is 2. The quantitative estimate of drug-likeness (QED) is 0.391. The Kier molecular flexibility index (Phi) is 12.0. The molecule has 3 heteroatoms. The molecule has 0 bridgehead atoms. The average molecular weight is 256 g/mol. The minimum absolute atomic E-state index is 0.193.